The molecule has 1 aliphatic heterocycles. The minimum Gasteiger partial charge on any atom is -0.363 e. The number of nitro groups is 1. The summed E-state index contributed by atoms with van der Waals surface area (Å²) in [4.78, 5) is 18.0. The van der Waals surface area contributed by atoms with Crippen molar-refractivity contribution in [1.29, 1.82) is 0 Å². The highest BCUT2D eigenvalue weighted by Gasteiger charge is 2.27. The zero-order valence-electron chi connectivity index (χ0n) is 16.0. The van der Waals surface area contributed by atoms with Crippen LogP contribution in [0.4, 0.5) is 11.4 Å². The Bertz CT molecular complexity index is 1010. The van der Waals surface area contributed by atoms with E-state index < -0.39 is 0 Å². The predicted octanol–water partition coefficient (Wildman–Crippen LogP) is 5.00. The van der Waals surface area contributed by atoms with E-state index in [0.717, 1.165) is 36.9 Å². The number of nitrogens with zero attached hydrogens (tertiary/aromatic N) is 4. The second-order valence-electron chi connectivity index (χ2n) is 7.24. The fourth-order valence-corrected chi connectivity index (χ4v) is 3.78. The average Bonchev–Trinajstić information content (AvgIpc) is 3.18. The zero-order chi connectivity index (χ0) is 19.7. The average molecular weight is 378 g/mol. The Balaban J connectivity index is 1.71. The van der Waals surface area contributed by atoms with Gasteiger partial charge in [-0.3, -0.25) is 10.1 Å². The number of piperidine rings is 1. The van der Waals surface area contributed by atoms with E-state index in [4.69, 9.17) is 4.52 Å². The lowest BCUT2D eigenvalue weighted by Crippen LogP contribution is -2.37. The maximum atomic E-state index is 11.7. The second-order valence-corrected chi connectivity index (χ2v) is 7.24. The standard InChI is InChI=1S/C21H22N4O3/c1-14-7-3-4-9-17(14)20-22-21(28-23-20)16-10-11-18(19(13-16)25(26)27)24-12-6-5-8-15(24)2/h3-4,7,9-11,13,15H,5-6,8,12H2,1-2H3/t15-/m1/s1. The van der Waals surface area contributed by atoms with Gasteiger partial charge < -0.3 is 9.42 Å². The molecule has 0 spiro atoms. The molecule has 0 unspecified atom stereocenters. The van der Waals surface area contributed by atoms with E-state index in [2.05, 4.69) is 22.0 Å². The third kappa shape index (κ3) is 3.35. The van der Waals surface area contributed by atoms with Crippen LogP contribution in [-0.2, 0) is 0 Å². The molecular weight excluding hydrogens is 356 g/mol. The molecule has 144 valence electrons. The highest BCUT2D eigenvalue weighted by atomic mass is 16.6. The number of aryl methyl sites for hydroxylation is 1. The van der Waals surface area contributed by atoms with E-state index in [1.165, 1.54) is 6.07 Å². The van der Waals surface area contributed by atoms with E-state index in [1.807, 2.05) is 37.3 Å². The lowest BCUT2D eigenvalue weighted by molar-refractivity contribution is -0.384. The van der Waals surface area contributed by atoms with Gasteiger partial charge in [0.2, 0.25) is 5.82 Å². The molecule has 0 aliphatic carbocycles. The van der Waals surface area contributed by atoms with Crippen molar-refractivity contribution in [3.05, 3.63) is 58.1 Å². The van der Waals surface area contributed by atoms with Crippen molar-refractivity contribution in [2.45, 2.75) is 39.2 Å². The van der Waals surface area contributed by atoms with Gasteiger partial charge in [-0.1, -0.05) is 29.4 Å². The molecule has 28 heavy (non-hydrogen) atoms. The van der Waals surface area contributed by atoms with Crippen LogP contribution in [0.1, 0.15) is 31.7 Å². The van der Waals surface area contributed by atoms with Gasteiger partial charge in [-0.2, -0.15) is 4.98 Å². The molecule has 1 aliphatic rings. The highest BCUT2D eigenvalue weighted by molar-refractivity contribution is 5.72. The summed E-state index contributed by atoms with van der Waals surface area (Å²) in [7, 11) is 0. The molecule has 2 aromatic carbocycles. The fraction of sp³-hybridized carbons (Fsp3) is 0.333. The molecule has 7 nitrogen and oxygen atoms in total. The lowest BCUT2D eigenvalue weighted by atomic mass is 10.0. The first-order valence-corrected chi connectivity index (χ1v) is 9.50. The quantitative estimate of drug-likeness (QED) is 0.469. The van der Waals surface area contributed by atoms with Crippen molar-refractivity contribution < 1.29 is 9.45 Å². The second kappa shape index (κ2) is 7.42. The zero-order valence-corrected chi connectivity index (χ0v) is 16.0. The third-order valence-corrected chi connectivity index (χ3v) is 5.34. The summed E-state index contributed by atoms with van der Waals surface area (Å²) < 4.78 is 5.40. The first-order valence-electron chi connectivity index (χ1n) is 9.50. The number of benzene rings is 2. The van der Waals surface area contributed by atoms with E-state index in [9.17, 15) is 10.1 Å². The van der Waals surface area contributed by atoms with Crippen molar-refractivity contribution in [3.8, 4) is 22.8 Å². The van der Waals surface area contributed by atoms with Crippen molar-refractivity contribution in [2.75, 3.05) is 11.4 Å². The van der Waals surface area contributed by atoms with Crippen LogP contribution in [0.25, 0.3) is 22.8 Å². The van der Waals surface area contributed by atoms with Crippen LogP contribution >= 0.6 is 0 Å². The SMILES string of the molecule is Cc1ccccc1-c1noc(-c2ccc(N3CCCC[C@H]3C)c([N+](=O)[O-])c2)n1. The summed E-state index contributed by atoms with van der Waals surface area (Å²) in [6, 6.07) is 13.2. The maximum Gasteiger partial charge on any atom is 0.293 e. The fourth-order valence-electron chi connectivity index (χ4n) is 3.78. The van der Waals surface area contributed by atoms with Crippen molar-refractivity contribution in [3.63, 3.8) is 0 Å². The molecule has 7 heteroatoms. The van der Waals surface area contributed by atoms with Gasteiger partial charge in [0.1, 0.15) is 5.69 Å². The Hall–Kier alpha value is -3.22. The van der Waals surface area contributed by atoms with Crippen LogP contribution in [0.5, 0.6) is 0 Å². The Morgan fingerprint density at radius 1 is 1.21 bits per heavy atom. The number of hydrogen-bond acceptors (Lipinski definition) is 6. The molecule has 1 fully saturated rings. The minimum atomic E-state index is -0.335. The van der Waals surface area contributed by atoms with E-state index >= 15 is 0 Å². The normalized spacial score (nSPS) is 16.9. The molecule has 0 saturated carbocycles. The van der Waals surface area contributed by atoms with Gasteiger partial charge in [-0.05, 0) is 50.8 Å². The smallest absolute Gasteiger partial charge is 0.293 e. The molecule has 1 saturated heterocycles. The molecule has 2 heterocycles. The molecule has 1 atom stereocenters. The number of hydrogen-bond donors (Lipinski definition) is 0. The summed E-state index contributed by atoms with van der Waals surface area (Å²) >= 11 is 0. The monoisotopic (exact) mass is 378 g/mol. The summed E-state index contributed by atoms with van der Waals surface area (Å²) in [6.45, 7) is 4.92. The molecule has 3 aromatic rings. The predicted molar refractivity (Wildman–Crippen MR) is 107 cm³/mol. The first-order chi connectivity index (χ1) is 13.5. The Morgan fingerprint density at radius 3 is 2.79 bits per heavy atom. The van der Waals surface area contributed by atoms with Crippen LogP contribution in [0.2, 0.25) is 0 Å². The Kier molecular flexibility index (Phi) is 4.81. The van der Waals surface area contributed by atoms with Crippen LogP contribution in [-0.4, -0.2) is 27.7 Å². The van der Waals surface area contributed by atoms with E-state index in [-0.39, 0.29) is 22.5 Å². The summed E-state index contributed by atoms with van der Waals surface area (Å²) in [5.74, 6) is 0.754. The molecule has 0 bridgehead atoms. The Morgan fingerprint density at radius 2 is 2.04 bits per heavy atom. The lowest BCUT2D eigenvalue weighted by Gasteiger charge is -2.35. The molecule has 0 N–H and O–H groups in total. The van der Waals surface area contributed by atoms with Crippen LogP contribution < -0.4 is 4.90 Å². The van der Waals surface area contributed by atoms with Gasteiger partial charge in [0.05, 0.1) is 4.92 Å². The third-order valence-electron chi connectivity index (χ3n) is 5.34. The molecule has 1 aromatic heterocycles. The minimum absolute atomic E-state index is 0.0712. The van der Waals surface area contributed by atoms with Crippen LogP contribution in [0.15, 0.2) is 47.0 Å². The van der Waals surface area contributed by atoms with Gasteiger partial charge in [0.15, 0.2) is 0 Å². The highest BCUT2D eigenvalue weighted by Crippen LogP contribution is 2.36. The summed E-state index contributed by atoms with van der Waals surface area (Å²) in [5.41, 5.74) is 3.19. The van der Waals surface area contributed by atoms with Gasteiger partial charge in [-0.25, -0.2) is 0 Å². The van der Waals surface area contributed by atoms with Crippen molar-refractivity contribution >= 4 is 11.4 Å². The Labute approximate surface area is 163 Å². The first kappa shape index (κ1) is 18.2. The number of rotatable bonds is 4. The molecule has 0 radical (unpaired) electrons. The largest absolute Gasteiger partial charge is 0.363 e. The van der Waals surface area contributed by atoms with Gasteiger partial charge >= 0.3 is 0 Å². The van der Waals surface area contributed by atoms with Crippen LogP contribution in [0.3, 0.4) is 0 Å². The van der Waals surface area contributed by atoms with E-state index in [0.29, 0.717) is 17.1 Å². The topological polar surface area (TPSA) is 85.3 Å². The maximum absolute atomic E-state index is 11.7. The van der Waals surface area contributed by atoms with Crippen LogP contribution in [0, 0.1) is 17.0 Å². The van der Waals surface area contributed by atoms with Gasteiger partial charge in [0, 0.05) is 29.8 Å². The van der Waals surface area contributed by atoms with Crippen molar-refractivity contribution in [2.24, 2.45) is 0 Å². The van der Waals surface area contributed by atoms with E-state index in [1.54, 1.807) is 6.07 Å². The molecular formula is C21H22N4O3. The summed E-state index contributed by atoms with van der Waals surface area (Å²) in [6.07, 6.45) is 3.25. The number of nitro benzene ring substituents is 1. The van der Waals surface area contributed by atoms with Gasteiger partial charge in [-0.15, -0.1) is 0 Å². The van der Waals surface area contributed by atoms with Crippen molar-refractivity contribution in [1.82, 2.24) is 10.1 Å². The number of aromatic nitrogens is 2. The molecule has 0 amide bonds. The van der Waals surface area contributed by atoms with Gasteiger partial charge in [0.25, 0.3) is 11.6 Å². The molecule has 4 rings (SSSR count). The number of anilines is 1. The summed E-state index contributed by atoms with van der Waals surface area (Å²) in [5, 5.41) is 15.8.